The number of nitrogens with zero attached hydrogens (tertiary/aromatic N) is 1. The van der Waals surface area contributed by atoms with Crippen molar-refractivity contribution < 1.29 is 26.7 Å². The molecule has 0 saturated heterocycles. The Balaban J connectivity index is 3.18. The Morgan fingerprint density at radius 1 is 1.33 bits per heavy atom. The Bertz CT molecular complexity index is 518. The molecule has 0 bridgehead atoms. The highest BCUT2D eigenvalue weighted by molar-refractivity contribution is 5.92. The predicted octanol–water partition coefficient (Wildman–Crippen LogP) is 2.84. The number of hydrogen-bond donors (Lipinski definition) is 1. The average molecular weight is 264 g/mol. The summed E-state index contributed by atoms with van der Waals surface area (Å²) in [6, 6.07) is 2.46. The molecule has 0 radical (unpaired) electrons. The number of nitrogens with one attached hydrogen (secondary N) is 1. The largest absolute Gasteiger partial charge is 0.422 e. The number of hydrogen-bond acceptors (Lipinski definition) is 2. The van der Waals surface area contributed by atoms with Gasteiger partial charge in [-0.1, -0.05) is 0 Å². The number of nitriles is 1. The molecule has 0 saturated carbocycles. The SMILES string of the molecule is N#CCC(=O)Nc1ccc(F)c(C(F)(F)F)c1F. The molecular formula is C10H5F5N2O. The van der Waals surface area contributed by atoms with E-state index in [1.165, 1.54) is 6.07 Å². The fourth-order valence-corrected chi connectivity index (χ4v) is 1.18. The minimum Gasteiger partial charge on any atom is -0.323 e. The molecule has 1 aromatic carbocycles. The molecule has 0 unspecified atom stereocenters. The Kier molecular flexibility index (Phi) is 3.86. The van der Waals surface area contributed by atoms with E-state index >= 15 is 0 Å². The van der Waals surface area contributed by atoms with E-state index in [0.29, 0.717) is 12.1 Å². The molecule has 0 aliphatic rings. The zero-order valence-electron chi connectivity index (χ0n) is 8.61. The van der Waals surface area contributed by atoms with Crippen molar-refractivity contribution in [3.8, 4) is 6.07 Å². The third kappa shape index (κ3) is 2.94. The third-order valence-corrected chi connectivity index (χ3v) is 1.89. The topological polar surface area (TPSA) is 52.9 Å². The van der Waals surface area contributed by atoms with Crippen molar-refractivity contribution in [3.05, 3.63) is 29.3 Å². The van der Waals surface area contributed by atoms with Crippen LogP contribution in [-0.4, -0.2) is 5.91 Å². The van der Waals surface area contributed by atoms with Gasteiger partial charge in [-0.2, -0.15) is 18.4 Å². The van der Waals surface area contributed by atoms with Gasteiger partial charge in [0.1, 0.15) is 17.8 Å². The standard InChI is InChI=1S/C10H5F5N2O/c11-5-1-2-6(17-7(18)3-4-16)9(12)8(5)10(13,14)15/h1-2H,3H2,(H,17,18). The lowest BCUT2D eigenvalue weighted by Gasteiger charge is -2.12. The number of anilines is 1. The molecule has 0 fully saturated rings. The molecule has 96 valence electrons. The van der Waals surface area contributed by atoms with E-state index in [9.17, 15) is 26.7 Å². The van der Waals surface area contributed by atoms with Crippen molar-refractivity contribution >= 4 is 11.6 Å². The molecule has 0 aliphatic heterocycles. The van der Waals surface area contributed by atoms with Gasteiger partial charge in [0.05, 0.1) is 11.8 Å². The lowest BCUT2D eigenvalue weighted by atomic mass is 10.1. The molecule has 1 aromatic rings. The van der Waals surface area contributed by atoms with Crippen LogP contribution in [0.4, 0.5) is 27.6 Å². The summed E-state index contributed by atoms with van der Waals surface area (Å²) in [7, 11) is 0. The van der Waals surface area contributed by atoms with Gasteiger partial charge in [0.2, 0.25) is 5.91 Å². The monoisotopic (exact) mass is 264 g/mol. The van der Waals surface area contributed by atoms with Gasteiger partial charge in [-0.15, -0.1) is 0 Å². The van der Waals surface area contributed by atoms with Crippen LogP contribution in [0.1, 0.15) is 12.0 Å². The first-order chi connectivity index (χ1) is 8.27. The maximum atomic E-state index is 13.4. The molecule has 0 spiro atoms. The van der Waals surface area contributed by atoms with E-state index in [4.69, 9.17) is 5.26 Å². The Morgan fingerprint density at radius 2 is 1.94 bits per heavy atom. The van der Waals surface area contributed by atoms with Crippen LogP contribution in [0.2, 0.25) is 0 Å². The van der Waals surface area contributed by atoms with Gasteiger partial charge < -0.3 is 5.32 Å². The number of carbonyl (C=O) groups is 1. The minimum absolute atomic E-state index is 0.383. The van der Waals surface area contributed by atoms with Crippen molar-refractivity contribution in [2.45, 2.75) is 12.6 Å². The zero-order chi connectivity index (χ0) is 13.9. The van der Waals surface area contributed by atoms with Crippen LogP contribution in [-0.2, 0) is 11.0 Å². The summed E-state index contributed by atoms with van der Waals surface area (Å²) in [5.74, 6) is -4.69. The van der Waals surface area contributed by atoms with Crippen molar-refractivity contribution in [1.29, 1.82) is 5.26 Å². The van der Waals surface area contributed by atoms with E-state index in [1.54, 1.807) is 5.32 Å². The van der Waals surface area contributed by atoms with Gasteiger partial charge in [0.25, 0.3) is 0 Å². The van der Waals surface area contributed by atoms with E-state index in [0.717, 1.165) is 0 Å². The molecule has 0 heterocycles. The van der Waals surface area contributed by atoms with Crippen LogP contribution in [0, 0.1) is 23.0 Å². The number of halogens is 5. The first-order valence-corrected chi connectivity index (χ1v) is 4.49. The van der Waals surface area contributed by atoms with E-state index < -0.39 is 41.4 Å². The normalized spacial score (nSPS) is 10.9. The zero-order valence-corrected chi connectivity index (χ0v) is 8.61. The summed E-state index contributed by atoms with van der Waals surface area (Å²) < 4.78 is 63.2. The van der Waals surface area contributed by atoms with Gasteiger partial charge >= 0.3 is 6.18 Å². The van der Waals surface area contributed by atoms with Gasteiger partial charge in [-0.3, -0.25) is 4.79 Å². The third-order valence-electron chi connectivity index (χ3n) is 1.89. The highest BCUT2D eigenvalue weighted by atomic mass is 19.4. The second-order valence-electron chi connectivity index (χ2n) is 3.16. The molecule has 0 aromatic heterocycles. The van der Waals surface area contributed by atoms with Crippen LogP contribution < -0.4 is 5.32 Å². The average Bonchev–Trinajstić information content (AvgIpc) is 2.21. The van der Waals surface area contributed by atoms with E-state index in [2.05, 4.69) is 0 Å². The molecule has 8 heteroatoms. The molecule has 3 nitrogen and oxygen atoms in total. The Hall–Kier alpha value is -2.17. The van der Waals surface area contributed by atoms with Gasteiger partial charge in [-0.05, 0) is 12.1 Å². The maximum Gasteiger partial charge on any atom is 0.422 e. The number of benzene rings is 1. The first-order valence-electron chi connectivity index (χ1n) is 4.49. The lowest BCUT2D eigenvalue weighted by Crippen LogP contribution is -2.16. The van der Waals surface area contributed by atoms with Gasteiger partial charge in [-0.25, -0.2) is 8.78 Å². The molecule has 1 amide bonds. The smallest absolute Gasteiger partial charge is 0.323 e. The van der Waals surface area contributed by atoms with Crippen molar-refractivity contribution in [3.63, 3.8) is 0 Å². The number of rotatable bonds is 2. The Labute approximate surface area is 97.8 Å². The fraction of sp³-hybridized carbons (Fsp3) is 0.200. The predicted molar refractivity (Wildman–Crippen MR) is 50.2 cm³/mol. The van der Waals surface area contributed by atoms with E-state index in [-0.39, 0.29) is 0 Å². The minimum atomic E-state index is -5.22. The van der Waals surface area contributed by atoms with Gasteiger partial charge in [0, 0.05) is 0 Å². The van der Waals surface area contributed by atoms with E-state index in [1.807, 2.05) is 0 Å². The molecule has 1 N–H and O–H groups in total. The van der Waals surface area contributed by atoms with Crippen molar-refractivity contribution in [2.24, 2.45) is 0 Å². The summed E-state index contributed by atoms with van der Waals surface area (Å²) in [5, 5.41) is 9.92. The summed E-state index contributed by atoms with van der Waals surface area (Å²) >= 11 is 0. The molecular weight excluding hydrogens is 259 g/mol. The quantitative estimate of drug-likeness (QED) is 0.835. The van der Waals surface area contributed by atoms with Crippen LogP contribution in [0.5, 0.6) is 0 Å². The highest BCUT2D eigenvalue weighted by Gasteiger charge is 2.38. The lowest BCUT2D eigenvalue weighted by molar-refractivity contribution is -0.142. The summed E-state index contributed by atoms with van der Waals surface area (Å²) in [4.78, 5) is 10.9. The van der Waals surface area contributed by atoms with Gasteiger partial charge in [0.15, 0.2) is 5.82 Å². The molecule has 0 atom stereocenters. The van der Waals surface area contributed by atoms with Crippen LogP contribution >= 0.6 is 0 Å². The summed E-state index contributed by atoms with van der Waals surface area (Å²) in [6.45, 7) is 0. The number of alkyl halides is 3. The first kappa shape index (κ1) is 13.9. The van der Waals surface area contributed by atoms with Crippen LogP contribution in [0.15, 0.2) is 12.1 Å². The second-order valence-corrected chi connectivity index (χ2v) is 3.16. The second kappa shape index (κ2) is 5.00. The molecule has 18 heavy (non-hydrogen) atoms. The maximum absolute atomic E-state index is 13.4. The highest BCUT2D eigenvalue weighted by Crippen LogP contribution is 2.36. The summed E-state index contributed by atoms with van der Waals surface area (Å²) in [6.07, 6.45) is -5.87. The molecule has 1 rings (SSSR count). The van der Waals surface area contributed by atoms with Crippen LogP contribution in [0.25, 0.3) is 0 Å². The van der Waals surface area contributed by atoms with Crippen molar-refractivity contribution in [1.82, 2.24) is 0 Å². The Morgan fingerprint density at radius 3 is 2.44 bits per heavy atom. The summed E-state index contributed by atoms with van der Waals surface area (Å²) in [5.41, 5.74) is -2.92. The number of amides is 1. The van der Waals surface area contributed by atoms with Crippen molar-refractivity contribution in [2.75, 3.05) is 5.32 Å². The number of carbonyl (C=O) groups excluding carboxylic acids is 1. The fourth-order valence-electron chi connectivity index (χ4n) is 1.18. The molecule has 0 aliphatic carbocycles. The van der Waals surface area contributed by atoms with Crippen LogP contribution in [0.3, 0.4) is 0 Å².